The molecule has 2 aromatic rings. The largest absolute Gasteiger partial charge is 0.350 e. The Kier molecular flexibility index (Phi) is 6.92. The van der Waals surface area contributed by atoms with E-state index in [0.29, 0.717) is 24.4 Å². The first-order valence-electron chi connectivity index (χ1n) is 8.86. The number of carbonyl (C=O) groups is 2. The fourth-order valence-corrected chi connectivity index (χ4v) is 2.64. The van der Waals surface area contributed by atoms with Crippen molar-refractivity contribution in [2.45, 2.75) is 33.2 Å². The van der Waals surface area contributed by atoms with E-state index < -0.39 is 0 Å². The molecular formula is C21H27N3O2. The predicted octanol–water partition coefficient (Wildman–Crippen LogP) is 3.41. The lowest BCUT2D eigenvalue weighted by Gasteiger charge is -2.14. The molecule has 4 N–H and O–H groups in total. The Morgan fingerprint density at radius 3 is 2.38 bits per heavy atom. The summed E-state index contributed by atoms with van der Waals surface area (Å²) in [6.07, 6.45) is 0.471. The number of nitrogens with one attached hydrogen (secondary N) is 2. The normalized spacial score (nSPS) is 11.9. The third-order valence-electron chi connectivity index (χ3n) is 4.07. The average Bonchev–Trinajstić information content (AvgIpc) is 2.61. The standard InChI is InChI=1S/C21H27N3O2/c1-14(2)11-20(25)24-19-10-9-17(12-15(19)3)21(26)23-13-18(22)16-7-5-4-6-8-16/h4-10,12,14,18H,11,13,22H2,1-3H3,(H,23,26)(H,24,25). The molecule has 0 aromatic heterocycles. The molecule has 0 radical (unpaired) electrons. The van der Waals surface area contributed by atoms with Crippen LogP contribution in [0.5, 0.6) is 0 Å². The summed E-state index contributed by atoms with van der Waals surface area (Å²) in [5.41, 5.74) is 9.21. The second kappa shape index (κ2) is 9.15. The van der Waals surface area contributed by atoms with Crippen molar-refractivity contribution in [3.05, 3.63) is 65.2 Å². The summed E-state index contributed by atoms with van der Waals surface area (Å²) in [6, 6.07) is 14.6. The van der Waals surface area contributed by atoms with Crippen molar-refractivity contribution in [2.24, 2.45) is 11.7 Å². The molecule has 2 amide bonds. The Morgan fingerprint density at radius 2 is 1.77 bits per heavy atom. The predicted molar refractivity (Wildman–Crippen MR) is 105 cm³/mol. The van der Waals surface area contributed by atoms with Crippen molar-refractivity contribution in [1.29, 1.82) is 0 Å². The first kappa shape index (κ1) is 19.7. The molecule has 0 saturated carbocycles. The van der Waals surface area contributed by atoms with Gasteiger partial charge in [-0.2, -0.15) is 0 Å². The van der Waals surface area contributed by atoms with Crippen molar-refractivity contribution in [2.75, 3.05) is 11.9 Å². The Bertz CT molecular complexity index is 757. The highest BCUT2D eigenvalue weighted by atomic mass is 16.2. The van der Waals surface area contributed by atoms with Crippen LogP contribution in [-0.2, 0) is 4.79 Å². The van der Waals surface area contributed by atoms with Crippen LogP contribution >= 0.6 is 0 Å². The van der Waals surface area contributed by atoms with Crippen LogP contribution in [0.3, 0.4) is 0 Å². The van der Waals surface area contributed by atoms with E-state index in [1.165, 1.54) is 0 Å². The Hall–Kier alpha value is -2.66. The van der Waals surface area contributed by atoms with Gasteiger partial charge in [-0.05, 0) is 42.2 Å². The van der Waals surface area contributed by atoms with Crippen molar-refractivity contribution in [1.82, 2.24) is 5.32 Å². The molecule has 0 heterocycles. The van der Waals surface area contributed by atoms with Gasteiger partial charge in [-0.15, -0.1) is 0 Å². The Balaban J connectivity index is 1.95. The number of anilines is 1. The van der Waals surface area contributed by atoms with E-state index in [2.05, 4.69) is 10.6 Å². The highest BCUT2D eigenvalue weighted by Gasteiger charge is 2.12. The summed E-state index contributed by atoms with van der Waals surface area (Å²) in [6.45, 7) is 6.23. The molecule has 2 rings (SSSR count). The second-order valence-electron chi connectivity index (χ2n) is 6.90. The van der Waals surface area contributed by atoms with Crippen LogP contribution in [0.1, 0.15) is 47.8 Å². The van der Waals surface area contributed by atoms with E-state index >= 15 is 0 Å². The molecule has 5 nitrogen and oxygen atoms in total. The van der Waals surface area contributed by atoms with Gasteiger partial charge < -0.3 is 16.4 Å². The minimum atomic E-state index is -0.254. The first-order valence-corrected chi connectivity index (χ1v) is 8.86. The number of rotatable bonds is 7. The number of benzene rings is 2. The third-order valence-corrected chi connectivity index (χ3v) is 4.07. The van der Waals surface area contributed by atoms with Crippen molar-refractivity contribution < 1.29 is 9.59 Å². The van der Waals surface area contributed by atoms with Gasteiger partial charge in [0.2, 0.25) is 5.91 Å². The van der Waals surface area contributed by atoms with Gasteiger partial charge in [0.1, 0.15) is 0 Å². The van der Waals surface area contributed by atoms with Crippen LogP contribution in [0.4, 0.5) is 5.69 Å². The summed E-state index contributed by atoms with van der Waals surface area (Å²) in [4.78, 5) is 24.3. The van der Waals surface area contributed by atoms with E-state index in [1.807, 2.05) is 51.1 Å². The number of aryl methyl sites for hydroxylation is 1. The van der Waals surface area contributed by atoms with Gasteiger partial charge in [-0.3, -0.25) is 9.59 Å². The zero-order chi connectivity index (χ0) is 19.1. The molecule has 0 aliphatic carbocycles. The maximum atomic E-state index is 12.4. The van der Waals surface area contributed by atoms with Crippen LogP contribution in [0.25, 0.3) is 0 Å². The summed E-state index contributed by atoms with van der Waals surface area (Å²) < 4.78 is 0. The molecule has 0 spiro atoms. The van der Waals surface area contributed by atoms with E-state index in [1.54, 1.807) is 18.2 Å². The molecule has 0 aliphatic rings. The zero-order valence-electron chi connectivity index (χ0n) is 15.6. The van der Waals surface area contributed by atoms with Gasteiger partial charge in [-0.1, -0.05) is 44.2 Å². The van der Waals surface area contributed by atoms with Crippen molar-refractivity contribution in [3.63, 3.8) is 0 Å². The topological polar surface area (TPSA) is 84.2 Å². The summed E-state index contributed by atoms with van der Waals surface area (Å²) in [5.74, 6) is 0.0999. The molecule has 138 valence electrons. The maximum absolute atomic E-state index is 12.4. The Morgan fingerprint density at radius 1 is 1.08 bits per heavy atom. The molecule has 1 unspecified atom stereocenters. The molecule has 0 fully saturated rings. The molecule has 0 saturated heterocycles. The van der Waals surface area contributed by atoms with E-state index in [0.717, 1.165) is 16.8 Å². The monoisotopic (exact) mass is 353 g/mol. The fourth-order valence-electron chi connectivity index (χ4n) is 2.64. The molecule has 0 aliphatic heterocycles. The van der Waals surface area contributed by atoms with Crippen LogP contribution in [0.15, 0.2) is 48.5 Å². The SMILES string of the molecule is Cc1cc(C(=O)NCC(N)c2ccccc2)ccc1NC(=O)CC(C)C. The molecule has 1 atom stereocenters. The van der Waals surface area contributed by atoms with E-state index in [-0.39, 0.29) is 17.9 Å². The number of carbonyl (C=O) groups excluding carboxylic acids is 2. The lowest BCUT2D eigenvalue weighted by Crippen LogP contribution is -2.31. The number of nitrogens with two attached hydrogens (primary N) is 1. The van der Waals surface area contributed by atoms with Crippen molar-refractivity contribution >= 4 is 17.5 Å². The van der Waals surface area contributed by atoms with Gasteiger partial charge in [0.15, 0.2) is 0 Å². The molecule has 0 bridgehead atoms. The first-order chi connectivity index (χ1) is 12.4. The minimum Gasteiger partial charge on any atom is -0.350 e. The molecule has 2 aromatic carbocycles. The van der Waals surface area contributed by atoms with Gasteiger partial charge in [0.05, 0.1) is 0 Å². The summed E-state index contributed by atoms with van der Waals surface area (Å²) >= 11 is 0. The quantitative estimate of drug-likeness (QED) is 0.713. The van der Waals surface area contributed by atoms with E-state index in [9.17, 15) is 9.59 Å². The van der Waals surface area contributed by atoms with Gasteiger partial charge in [-0.25, -0.2) is 0 Å². The molecule has 5 heteroatoms. The number of amides is 2. The highest BCUT2D eigenvalue weighted by molar-refractivity contribution is 5.96. The smallest absolute Gasteiger partial charge is 0.251 e. The Labute approximate surface area is 155 Å². The van der Waals surface area contributed by atoms with Gasteiger partial charge >= 0.3 is 0 Å². The van der Waals surface area contributed by atoms with Crippen LogP contribution in [-0.4, -0.2) is 18.4 Å². The van der Waals surface area contributed by atoms with Gasteiger partial charge in [0, 0.05) is 30.3 Å². The van der Waals surface area contributed by atoms with E-state index in [4.69, 9.17) is 5.73 Å². The fraction of sp³-hybridized carbons (Fsp3) is 0.333. The molecule has 26 heavy (non-hydrogen) atoms. The number of hydrogen-bond donors (Lipinski definition) is 3. The third kappa shape index (κ3) is 5.70. The maximum Gasteiger partial charge on any atom is 0.251 e. The lowest BCUT2D eigenvalue weighted by atomic mass is 10.1. The highest BCUT2D eigenvalue weighted by Crippen LogP contribution is 2.18. The second-order valence-corrected chi connectivity index (χ2v) is 6.90. The minimum absolute atomic E-state index is 0.0193. The van der Waals surface area contributed by atoms with Crippen LogP contribution < -0.4 is 16.4 Å². The lowest BCUT2D eigenvalue weighted by molar-refractivity contribution is -0.116. The van der Waals surface area contributed by atoms with Crippen LogP contribution in [0.2, 0.25) is 0 Å². The number of hydrogen-bond acceptors (Lipinski definition) is 3. The zero-order valence-corrected chi connectivity index (χ0v) is 15.6. The average molecular weight is 353 g/mol. The van der Waals surface area contributed by atoms with Gasteiger partial charge in [0.25, 0.3) is 5.91 Å². The van der Waals surface area contributed by atoms with Crippen molar-refractivity contribution in [3.8, 4) is 0 Å². The molecular weight excluding hydrogens is 326 g/mol. The summed E-state index contributed by atoms with van der Waals surface area (Å²) in [7, 11) is 0. The summed E-state index contributed by atoms with van der Waals surface area (Å²) in [5, 5.41) is 5.75. The van der Waals surface area contributed by atoms with Crippen LogP contribution in [0, 0.1) is 12.8 Å².